The summed E-state index contributed by atoms with van der Waals surface area (Å²) in [4.78, 5) is 0. The number of furan rings is 1. The number of aryl methyl sites for hydroxylation is 1. The molecule has 2 heterocycles. The molecule has 4 rings (SSSR count). The molecule has 146 valence electrons. The van der Waals surface area contributed by atoms with E-state index in [2.05, 4.69) is 39.6 Å². The van der Waals surface area contributed by atoms with Crippen LogP contribution in [0, 0.1) is 4.77 Å². The zero-order valence-electron chi connectivity index (χ0n) is 15.7. The van der Waals surface area contributed by atoms with Crippen molar-refractivity contribution in [3.63, 3.8) is 0 Å². The lowest BCUT2D eigenvalue weighted by Crippen LogP contribution is -1.99. The molecule has 0 aliphatic heterocycles. The molecule has 0 spiro atoms. The molecule has 0 aliphatic rings. The second-order valence-corrected chi connectivity index (χ2v) is 6.78. The zero-order valence-corrected chi connectivity index (χ0v) is 16.5. The Hall–Kier alpha value is -3.45. The van der Waals surface area contributed by atoms with Gasteiger partial charge in [-0.3, -0.25) is 0 Å². The summed E-state index contributed by atoms with van der Waals surface area (Å²) < 4.78 is 13.1. The normalized spacial score (nSPS) is 11.2. The Morgan fingerprint density at radius 3 is 2.66 bits per heavy atom. The molecule has 0 fully saturated rings. The highest BCUT2D eigenvalue weighted by Gasteiger charge is 2.10. The van der Waals surface area contributed by atoms with Crippen LogP contribution in [0.1, 0.15) is 17.5 Å². The van der Waals surface area contributed by atoms with Gasteiger partial charge in [0.05, 0.1) is 19.1 Å². The molecule has 0 bridgehead atoms. The van der Waals surface area contributed by atoms with Crippen LogP contribution in [0.3, 0.4) is 0 Å². The summed E-state index contributed by atoms with van der Waals surface area (Å²) in [7, 11) is 0. The lowest BCUT2D eigenvalue weighted by molar-refractivity contribution is 0.311. The van der Waals surface area contributed by atoms with E-state index in [0.717, 1.165) is 24.2 Å². The van der Waals surface area contributed by atoms with Crippen molar-refractivity contribution in [2.24, 2.45) is 5.10 Å². The number of ether oxygens (including phenoxy) is 1. The van der Waals surface area contributed by atoms with Gasteiger partial charge in [0.1, 0.15) is 5.75 Å². The van der Waals surface area contributed by atoms with Gasteiger partial charge in [0, 0.05) is 0 Å². The van der Waals surface area contributed by atoms with Crippen molar-refractivity contribution in [2.45, 2.75) is 12.8 Å². The lowest BCUT2D eigenvalue weighted by Gasteiger charge is -2.06. The quantitative estimate of drug-likeness (QED) is 0.252. The van der Waals surface area contributed by atoms with Crippen molar-refractivity contribution >= 4 is 18.4 Å². The number of rotatable bonds is 8. The van der Waals surface area contributed by atoms with E-state index in [1.807, 2.05) is 30.3 Å². The minimum absolute atomic E-state index is 0.394. The first kappa shape index (κ1) is 18.9. The Labute approximate surface area is 173 Å². The molecular formula is C22H20N4O2S. The predicted octanol–water partition coefficient (Wildman–Crippen LogP) is 5.09. The molecule has 2 aromatic carbocycles. The Morgan fingerprint density at radius 1 is 1.07 bits per heavy atom. The minimum atomic E-state index is 0.394. The predicted molar refractivity (Wildman–Crippen MR) is 115 cm³/mol. The molecular weight excluding hydrogens is 384 g/mol. The lowest BCUT2D eigenvalue weighted by atomic mass is 10.1. The standard InChI is InChI=1S/C22H20N4O2S/c29-22-25-24-21(20-9-5-15-28-20)26(22)23-16-18-10-12-19(13-11-18)27-14-4-8-17-6-2-1-3-7-17/h1-3,5-7,9-13,15-16H,4,8,14H2,(H,25,29)/b23-16-. The average molecular weight is 404 g/mol. The number of hydrogen-bond donors (Lipinski definition) is 1. The molecule has 0 aliphatic carbocycles. The van der Waals surface area contributed by atoms with Crippen molar-refractivity contribution in [3.8, 4) is 17.3 Å². The van der Waals surface area contributed by atoms with E-state index in [1.165, 1.54) is 10.2 Å². The van der Waals surface area contributed by atoms with E-state index in [0.29, 0.717) is 23.0 Å². The fourth-order valence-electron chi connectivity index (χ4n) is 2.85. The third kappa shape index (κ3) is 4.89. The number of aromatic amines is 1. The SMILES string of the molecule is S=c1[nH]nc(-c2ccco2)n1/N=C\c1ccc(OCCCc2ccccc2)cc1. The molecule has 0 unspecified atom stereocenters. The summed E-state index contributed by atoms with van der Waals surface area (Å²) in [6, 6.07) is 21.8. The summed E-state index contributed by atoms with van der Waals surface area (Å²) in [6.07, 6.45) is 5.28. The first-order valence-corrected chi connectivity index (χ1v) is 9.73. The van der Waals surface area contributed by atoms with Crippen LogP contribution in [-0.4, -0.2) is 27.7 Å². The Balaban J connectivity index is 1.34. The summed E-state index contributed by atoms with van der Waals surface area (Å²) in [5.41, 5.74) is 2.25. The van der Waals surface area contributed by atoms with Crippen LogP contribution in [0.25, 0.3) is 11.6 Å². The van der Waals surface area contributed by atoms with Gasteiger partial charge in [-0.15, -0.1) is 5.10 Å². The second-order valence-electron chi connectivity index (χ2n) is 6.39. The maximum Gasteiger partial charge on any atom is 0.219 e. The molecule has 0 atom stereocenters. The zero-order chi connectivity index (χ0) is 19.9. The Kier molecular flexibility index (Phi) is 5.97. The second kappa shape index (κ2) is 9.16. The van der Waals surface area contributed by atoms with Gasteiger partial charge in [-0.2, -0.15) is 9.78 Å². The van der Waals surface area contributed by atoms with E-state index >= 15 is 0 Å². The molecule has 1 N–H and O–H groups in total. The Morgan fingerprint density at radius 2 is 1.90 bits per heavy atom. The van der Waals surface area contributed by atoms with Crippen LogP contribution in [0.15, 0.2) is 82.5 Å². The van der Waals surface area contributed by atoms with Crippen molar-refractivity contribution in [1.82, 2.24) is 14.9 Å². The van der Waals surface area contributed by atoms with Gasteiger partial charge in [-0.25, -0.2) is 5.10 Å². The third-order valence-electron chi connectivity index (χ3n) is 4.32. The summed E-state index contributed by atoms with van der Waals surface area (Å²) in [5.74, 6) is 1.95. The van der Waals surface area contributed by atoms with Crippen molar-refractivity contribution in [3.05, 3.63) is 88.9 Å². The molecule has 0 amide bonds. The van der Waals surface area contributed by atoms with Crippen LogP contribution in [-0.2, 0) is 6.42 Å². The molecule has 0 saturated carbocycles. The molecule has 6 nitrogen and oxygen atoms in total. The minimum Gasteiger partial charge on any atom is -0.494 e. The fraction of sp³-hybridized carbons (Fsp3) is 0.136. The number of nitrogens with zero attached hydrogens (tertiary/aromatic N) is 3. The molecule has 29 heavy (non-hydrogen) atoms. The van der Waals surface area contributed by atoms with Crippen LogP contribution in [0.5, 0.6) is 5.75 Å². The molecule has 2 aromatic heterocycles. The molecule has 4 aromatic rings. The number of H-pyrrole nitrogens is 1. The van der Waals surface area contributed by atoms with E-state index in [9.17, 15) is 0 Å². The van der Waals surface area contributed by atoms with E-state index < -0.39 is 0 Å². The van der Waals surface area contributed by atoms with Gasteiger partial charge in [-0.1, -0.05) is 30.3 Å². The van der Waals surface area contributed by atoms with Gasteiger partial charge in [0.25, 0.3) is 0 Å². The largest absolute Gasteiger partial charge is 0.494 e. The van der Waals surface area contributed by atoms with Gasteiger partial charge in [-0.05, 0) is 72.6 Å². The Bertz CT molecular complexity index is 1110. The van der Waals surface area contributed by atoms with Gasteiger partial charge in [0.2, 0.25) is 10.6 Å². The van der Waals surface area contributed by atoms with Crippen LogP contribution in [0.4, 0.5) is 0 Å². The van der Waals surface area contributed by atoms with Gasteiger partial charge in [0.15, 0.2) is 5.76 Å². The van der Waals surface area contributed by atoms with E-state index in [1.54, 1.807) is 24.6 Å². The number of hydrogen-bond acceptors (Lipinski definition) is 5. The number of aromatic nitrogens is 3. The highest BCUT2D eigenvalue weighted by Crippen LogP contribution is 2.17. The maximum absolute atomic E-state index is 5.83. The molecule has 0 radical (unpaired) electrons. The van der Waals surface area contributed by atoms with Crippen LogP contribution >= 0.6 is 12.2 Å². The van der Waals surface area contributed by atoms with Crippen molar-refractivity contribution < 1.29 is 9.15 Å². The van der Waals surface area contributed by atoms with Crippen LogP contribution in [0.2, 0.25) is 0 Å². The van der Waals surface area contributed by atoms with Gasteiger partial charge < -0.3 is 9.15 Å². The first-order chi connectivity index (χ1) is 14.3. The molecule has 0 saturated heterocycles. The monoisotopic (exact) mass is 404 g/mol. The highest BCUT2D eigenvalue weighted by molar-refractivity contribution is 7.71. The van der Waals surface area contributed by atoms with Crippen molar-refractivity contribution in [1.29, 1.82) is 0 Å². The summed E-state index contributed by atoms with van der Waals surface area (Å²) >= 11 is 5.25. The first-order valence-electron chi connectivity index (χ1n) is 9.32. The van der Waals surface area contributed by atoms with Crippen molar-refractivity contribution in [2.75, 3.05) is 6.61 Å². The van der Waals surface area contributed by atoms with E-state index in [-0.39, 0.29) is 0 Å². The number of nitrogens with one attached hydrogen (secondary N) is 1. The highest BCUT2D eigenvalue weighted by atomic mass is 32.1. The summed E-state index contributed by atoms with van der Waals surface area (Å²) in [5, 5.41) is 11.3. The topological polar surface area (TPSA) is 68.3 Å². The average Bonchev–Trinajstić information content (AvgIpc) is 3.41. The van der Waals surface area contributed by atoms with Crippen LogP contribution < -0.4 is 4.74 Å². The third-order valence-corrected chi connectivity index (χ3v) is 4.58. The maximum atomic E-state index is 5.83. The van der Waals surface area contributed by atoms with E-state index in [4.69, 9.17) is 21.4 Å². The summed E-state index contributed by atoms with van der Waals surface area (Å²) in [6.45, 7) is 0.680. The number of benzene rings is 2. The van der Waals surface area contributed by atoms with Gasteiger partial charge >= 0.3 is 0 Å². The smallest absolute Gasteiger partial charge is 0.219 e. The molecule has 7 heteroatoms. The fourth-order valence-corrected chi connectivity index (χ4v) is 3.03.